The summed E-state index contributed by atoms with van der Waals surface area (Å²) in [7, 11) is 0. The maximum absolute atomic E-state index is 12.8. The molecule has 0 spiro atoms. The van der Waals surface area contributed by atoms with Crippen LogP contribution in [0.5, 0.6) is 5.75 Å². The molecule has 2 heterocycles. The van der Waals surface area contributed by atoms with Crippen LogP contribution in [-0.4, -0.2) is 55.4 Å². The SMILES string of the molecule is CC(C)COc1ccc(C(=O)OC2CC(C)(C)OCC2CN2CCCCC2)cc1. The van der Waals surface area contributed by atoms with E-state index in [1.54, 1.807) is 12.1 Å². The van der Waals surface area contributed by atoms with Crippen molar-refractivity contribution in [3.05, 3.63) is 29.8 Å². The third-order valence-electron chi connectivity index (χ3n) is 5.78. The van der Waals surface area contributed by atoms with Crippen LogP contribution in [0.3, 0.4) is 0 Å². The first kappa shape index (κ1) is 22.1. The Morgan fingerprint density at radius 1 is 1.17 bits per heavy atom. The summed E-state index contributed by atoms with van der Waals surface area (Å²) >= 11 is 0. The summed E-state index contributed by atoms with van der Waals surface area (Å²) in [4.78, 5) is 15.3. The van der Waals surface area contributed by atoms with E-state index < -0.39 is 0 Å². The van der Waals surface area contributed by atoms with Gasteiger partial charge in [0.1, 0.15) is 11.9 Å². The van der Waals surface area contributed by atoms with Crippen LogP contribution in [0.25, 0.3) is 0 Å². The van der Waals surface area contributed by atoms with Crippen LogP contribution in [0.1, 0.15) is 63.7 Å². The summed E-state index contributed by atoms with van der Waals surface area (Å²) in [6.45, 7) is 12.9. The third-order valence-corrected chi connectivity index (χ3v) is 5.78. The van der Waals surface area contributed by atoms with E-state index in [9.17, 15) is 4.79 Å². The molecule has 2 aliphatic heterocycles. The maximum atomic E-state index is 12.8. The highest BCUT2D eigenvalue weighted by molar-refractivity contribution is 5.89. The maximum Gasteiger partial charge on any atom is 0.338 e. The molecule has 29 heavy (non-hydrogen) atoms. The number of likely N-dealkylation sites (tertiary alicyclic amines) is 1. The normalized spacial score (nSPS) is 25.0. The Labute approximate surface area is 175 Å². The monoisotopic (exact) mass is 403 g/mol. The van der Waals surface area contributed by atoms with Crippen molar-refractivity contribution >= 4 is 5.97 Å². The van der Waals surface area contributed by atoms with Crippen molar-refractivity contribution in [1.82, 2.24) is 4.90 Å². The summed E-state index contributed by atoms with van der Waals surface area (Å²) in [6, 6.07) is 7.28. The smallest absolute Gasteiger partial charge is 0.338 e. The van der Waals surface area contributed by atoms with Crippen molar-refractivity contribution in [2.45, 2.75) is 65.1 Å². The first-order chi connectivity index (χ1) is 13.8. The van der Waals surface area contributed by atoms with Crippen LogP contribution < -0.4 is 4.74 Å². The van der Waals surface area contributed by atoms with E-state index in [0.29, 0.717) is 24.7 Å². The predicted molar refractivity (Wildman–Crippen MR) is 114 cm³/mol. The van der Waals surface area contributed by atoms with Crippen molar-refractivity contribution in [2.75, 3.05) is 32.8 Å². The fraction of sp³-hybridized carbons (Fsp3) is 0.708. The highest BCUT2D eigenvalue weighted by Crippen LogP contribution is 2.31. The topological polar surface area (TPSA) is 48.0 Å². The van der Waals surface area contributed by atoms with E-state index in [1.165, 1.54) is 19.3 Å². The number of benzene rings is 1. The van der Waals surface area contributed by atoms with Gasteiger partial charge in [-0.15, -0.1) is 0 Å². The number of ether oxygens (including phenoxy) is 3. The molecule has 0 amide bonds. The number of piperidine rings is 1. The van der Waals surface area contributed by atoms with Crippen LogP contribution in [0.4, 0.5) is 0 Å². The second kappa shape index (κ2) is 9.94. The van der Waals surface area contributed by atoms with Gasteiger partial charge in [-0.2, -0.15) is 0 Å². The lowest BCUT2D eigenvalue weighted by Gasteiger charge is -2.42. The van der Waals surface area contributed by atoms with Gasteiger partial charge in [-0.05, 0) is 70.0 Å². The number of nitrogens with zero attached hydrogens (tertiary/aromatic N) is 1. The van der Waals surface area contributed by atoms with Gasteiger partial charge in [0.25, 0.3) is 0 Å². The number of hydrogen-bond donors (Lipinski definition) is 0. The largest absolute Gasteiger partial charge is 0.493 e. The minimum Gasteiger partial charge on any atom is -0.493 e. The molecular weight excluding hydrogens is 366 g/mol. The third kappa shape index (κ3) is 6.71. The standard InChI is InChI=1S/C24H37NO4/c1-18(2)16-27-21-10-8-19(9-11-21)23(26)29-22-14-24(3,4)28-17-20(22)15-25-12-6-5-7-13-25/h8-11,18,20,22H,5-7,12-17H2,1-4H3. The molecule has 3 rings (SSSR count). The van der Waals surface area contributed by atoms with Gasteiger partial charge in [0.05, 0.1) is 24.4 Å². The van der Waals surface area contributed by atoms with Gasteiger partial charge >= 0.3 is 5.97 Å². The molecule has 2 fully saturated rings. The summed E-state index contributed by atoms with van der Waals surface area (Å²) < 4.78 is 17.8. The van der Waals surface area contributed by atoms with Crippen LogP contribution in [0, 0.1) is 11.8 Å². The molecule has 0 N–H and O–H groups in total. The Hall–Kier alpha value is -1.59. The zero-order valence-corrected chi connectivity index (χ0v) is 18.5. The van der Waals surface area contributed by atoms with E-state index in [0.717, 1.165) is 31.8 Å². The van der Waals surface area contributed by atoms with Gasteiger partial charge in [0.2, 0.25) is 0 Å². The number of esters is 1. The van der Waals surface area contributed by atoms with Crippen molar-refractivity contribution in [1.29, 1.82) is 0 Å². The van der Waals surface area contributed by atoms with Crippen LogP contribution in [0.15, 0.2) is 24.3 Å². The molecule has 0 saturated carbocycles. The van der Waals surface area contributed by atoms with Crippen molar-refractivity contribution < 1.29 is 19.0 Å². The Bertz CT molecular complexity index is 649. The fourth-order valence-corrected chi connectivity index (χ4v) is 4.09. The van der Waals surface area contributed by atoms with Gasteiger partial charge in [-0.1, -0.05) is 20.3 Å². The van der Waals surface area contributed by atoms with E-state index in [-0.39, 0.29) is 23.6 Å². The fourth-order valence-electron chi connectivity index (χ4n) is 4.09. The molecule has 5 nitrogen and oxygen atoms in total. The molecule has 162 valence electrons. The van der Waals surface area contributed by atoms with Gasteiger partial charge in [-0.25, -0.2) is 4.79 Å². The molecule has 0 aromatic heterocycles. The molecule has 2 unspecified atom stereocenters. The molecule has 1 aromatic carbocycles. The van der Waals surface area contributed by atoms with Crippen molar-refractivity contribution in [2.24, 2.45) is 11.8 Å². The highest BCUT2D eigenvalue weighted by Gasteiger charge is 2.39. The van der Waals surface area contributed by atoms with E-state index in [1.807, 2.05) is 12.1 Å². The van der Waals surface area contributed by atoms with E-state index in [4.69, 9.17) is 14.2 Å². The summed E-state index contributed by atoms with van der Waals surface area (Å²) in [6.07, 6.45) is 4.45. The average Bonchev–Trinajstić information content (AvgIpc) is 2.69. The molecule has 2 aliphatic rings. The lowest BCUT2D eigenvalue weighted by atomic mass is 9.87. The molecule has 5 heteroatoms. The summed E-state index contributed by atoms with van der Waals surface area (Å²) in [5, 5.41) is 0. The molecule has 2 atom stereocenters. The number of hydrogen-bond acceptors (Lipinski definition) is 5. The zero-order chi connectivity index (χ0) is 20.9. The number of rotatable bonds is 7. The number of carbonyl (C=O) groups excluding carboxylic acids is 1. The average molecular weight is 404 g/mol. The number of carbonyl (C=O) groups is 1. The highest BCUT2D eigenvalue weighted by atomic mass is 16.6. The molecular formula is C24H37NO4. The Kier molecular flexibility index (Phi) is 7.58. The van der Waals surface area contributed by atoms with E-state index >= 15 is 0 Å². The summed E-state index contributed by atoms with van der Waals surface area (Å²) in [5.41, 5.74) is 0.306. The van der Waals surface area contributed by atoms with Crippen LogP contribution >= 0.6 is 0 Å². The minimum atomic E-state index is -0.266. The van der Waals surface area contributed by atoms with Gasteiger partial charge in [0.15, 0.2) is 0 Å². The zero-order valence-electron chi connectivity index (χ0n) is 18.5. The first-order valence-electron chi connectivity index (χ1n) is 11.1. The van der Waals surface area contributed by atoms with Crippen LogP contribution in [-0.2, 0) is 9.47 Å². The van der Waals surface area contributed by atoms with Gasteiger partial charge < -0.3 is 19.1 Å². The lowest BCUT2D eigenvalue weighted by Crippen LogP contribution is -2.49. The van der Waals surface area contributed by atoms with Gasteiger partial charge in [0, 0.05) is 18.9 Å². The predicted octanol–water partition coefficient (Wildman–Crippen LogP) is 4.55. The molecule has 1 aromatic rings. The van der Waals surface area contributed by atoms with Crippen molar-refractivity contribution in [3.8, 4) is 5.75 Å². The first-order valence-corrected chi connectivity index (χ1v) is 11.1. The Balaban J connectivity index is 1.61. The molecule has 2 saturated heterocycles. The quantitative estimate of drug-likeness (QED) is 0.625. The van der Waals surface area contributed by atoms with Gasteiger partial charge in [-0.3, -0.25) is 0 Å². The Morgan fingerprint density at radius 2 is 1.86 bits per heavy atom. The lowest BCUT2D eigenvalue weighted by molar-refractivity contribution is -0.137. The molecule has 0 aliphatic carbocycles. The Morgan fingerprint density at radius 3 is 2.52 bits per heavy atom. The summed E-state index contributed by atoms with van der Waals surface area (Å²) in [5.74, 6) is 1.21. The van der Waals surface area contributed by atoms with Crippen molar-refractivity contribution in [3.63, 3.8) is 0 Å². The molecule has 0 radical (unpaired) electrons. The second-order valence-corrected chi connectivity index (χ2v) is 9.57. The minimum absolute atomic E-state index is 0.120. The second-order valence-electron chi connectivity index (χ2n) is 9.57. The molecule has 0 bridgehead atoms. The van der Waals surface area contributed by atoms with E-state index in [2.05, 4.69) is 32.6 Å². The van der Waals surface area contributed by atoms with Crippen LogP contribution in [0.2, 0.25) is 0 Å².